The number of carbonyl (C=O) groups is 1. The van der Waals surface area contributed by atoms with Gasteiger partial charge in [0.15, 0.2) is 0 Å². The van der Waals surface area contributed by atoms with Crippen LogP contribution in [0.5, 0.6) is 0 Å². The minimum atomic E-state index is -0.840. The van der Waals surface area contributed by atoms with Crippen LogP contribution in [-0.4, -0.2) is 50.4 Å². The van der Waals surface area contributed by atoms with Crippen molar-refractivity contribution in [1.82, 2.24) is 20.1 Å². The van der Waals surface area contributed by atoms with E-state index in [0.717, 1.165) is 30.3 Å². The summed E-state index contributed by atoms with van der Waals surface area (Å²) in [5, 5.41) is 16.9. The molecule has 8 heteroatoms. The third-order valence-electron chi connectivity index (χ3n) is 3.52. The Morgan fingerprint density at radius 3 is 3.16 bits per heavy atom. The lowest BCUT2D eigenvalue weighted by atomic mass is 10.0. The fourth-order valence-corrected chi connectivity index (χ4v) is 3.00. The van der Waals surface area contributed by atoms with Gasteiger partial charge >= 0.3 is 5.97 Å². The fourth-order valence-electron chi connectivity index (χ4n) is 2.65. The number of nitrogens with zero attached hydrogens (tertiary/aromatic N) is 4. The highest BCUT2D eigenvalue weighted by molar-refractivity contribution is 7.98. The lowest BCUT2D eigenvalue weighted by Crippen LogP contribution is -2.39. The van der Waals surface area contributed by atoms with E-state index >= 15 is 0 Å². The second-order valence-electron chi connectivity index (χ2n) is 4.72. The Bertz CT molecular complexity index is 541. The average molecular weight is 281 g/mol. The highest BCUT2D eigenvalue weighted by Gasteiger charge is 2.36. The minimum Gasteiger partial charge on any atom is -0.480 e. The largest absolute Gasteiger partial charge is 0.480 e. The molecule has 0 saturated heterocycles. The Kier molecular flexibility index (Phi) is 3.28. The zero-order valence-corrected chi connectivity index (χ0v) is 11.4. The van der Waals surface area contributed by atoms with Gasteiger partial charge in [-0.2, -0.15) is 4.98 Å². The Morgan fingerprint density at radius 2 is 2.42 bits per heavy atom. The van der Waals surface area contributed by atoms with Crippen molar-refractivity contribution in [3.8, 4) is 0 Å². The molecule has 1 aromatic rings. The maximum Gasteiger partial charge on any atom is 0.317 e. The predicted octanol–water partition coefficient (Wildman–Crippen LogP) is 0.539. The second-order valence-corrected chi connectivity index (χ2v) is 5.49. The topological polar surface area (TPSA) is 92.4 Å². The van der Waals surface area contributed by atoms with Gasteiger partial charge in [0.05, 0.1) is 13.1 Å². The fraction of sp³-hybridized carbons (Fsp3) is 0.636. The van der Waals surface area contributed by atoms with Crippen LogP contribution in [0.15, 0.2) is 10.1 Å². The van der Waals surface area contributed by atoms with Crippen molar-refractivity contribution in [2.24, 2.45) is 10.9 Å². The van der Waals surface area contributed by atoms with Gasteiger partial charge in [-0.1, -0.05) is 11.8 Å². The third-order valence-corrected chi connectivity index (χ3v) is 4.05. The maximum absolute atomic E-state index is 10.6. The zero-order chi connectivity index (χ0) is 13.4. The van der Waals surface area contributed by atoms with Crippen molar-refractivity contribution in [3.05, 3.63) is 0 Å². The first-order chi connectivity index (χ1) is 9.17. The molecule has 1 aliphatic heterocycles. The normalized spacial score (nSPS) is 24.8. The van der Waals surface area contributed by atoms with Crippen molar-refractivity contribution in [2.45, 2.75) is 30.6 Å². The number of thioether (sulfide) groups is 1. The molecule has 2 unspecified atom stereocenters. The Morgan fingerprint density at radius 1 is 1.58 bits per heavy atom. The first-order valence-corrected chi connectivity index (χ1v) is 7.42. The summed E-state index contributed by atoms with van der Waals surface area (Å²) in [7, 11) is 0. The predicted molar refractivity (Wildman–Crippen MR) is 71.0 cm³/mol. The summed E-state index contributed by atoms with van der Waals surface area (Å²) in [6.07, 6.45) is 3.88. The number of nitrogens with one attached hydrogen (secondary N) is 1. The van der Waals surface area contributed by atoms with Gasteiger partial charge in [-0.05, 0) is 19.1 Å². The van der Waals surface area contributed by atoms with Crippen LogP contribution in [0.25, 0.3) is 0 Å². The van der Waals surface area contributed by atoms with Gasteiger partial charge < -0.3 is 5.11 Å². The van der Waals surface area contributed by atoms with Gasteiger partial charge in [0.1, 0.15) is 0 Å². The molecule has 1 saturated carbocycles. The van der Waals surface area contributed by atoms with E-state index in [1.54, 1.807) is 0 Å². The Labute approximate surface area is 114 Å². The molecule has 1 aromatic heterocycles. The summed E-state index contributed by atoms with van der Waals surface area (Å²) in [6, 6.07) is 0.0595. The molecule has 0 amide bonds. The van der Waals surface area contributed by atoms with Crippen LogP contribution in [0.3, 0.4) is 0 Å². The van der Waals surface area contributed by atoms with Crippen molar-refractivity contribution >= 4 is 29.4 Å². The first-order valence-electron chi connectivity index (χ1n) is 6.20. The summed E-state index contributed by atoms with van der Waals surface area (Å²) in [5.41, 5.74) is 1.04. The molecule has 19 heavy (non-hydrogen) atoms. The number of carboxylic acid groups (broad SMARTS) is 1. The van der Waals surface area contributed by atoms with Crippen LogP contribution >= 0.6 is 11.8 Å². The smallest absolute Gasteiger partial charge is 0.317 e. The van der Waals surface area contributed by atoms with Gasteiger partial charge in [-0.25, -0.2) is 9.67 Å². The van der Waals surface area contributed by atoms with Gasteiger partial charge in [0, 0.05) is 17.7 Å². The molecule has 3 rings (SSSR count). The van der Waals surface area contributed by atoms with Crippen LogP contribution in [0.2, 0.25) is 0 Å². The Hall–Kier alpha value is -1.41. The molecule has 102 valence electrons. The molecule has 0 aromatic carbocycles. The highest BCUT2D eigenvalue weighted by atomic mass is 32.2. The van der Waals surface area contributed by atoms with Crippen LogP contribution in [0, 0.1) is 5.92 Å². The third kappa shape index (κ3) is 2.37. The molecule has 2 aliphatic rings. The van der Waals surface area contributed by atoms with Crippen molar-refractivity contribution in [2.75, 3.05) is 12.8 Å². The highest BCUT2D eigenvalue weighted by Crippen LogP contribution is 2.32. The zero-order valence-electron chi connectivity index (χ0n) is 10.5. The van der Waals surface area contributed by atoms with Crippen LogP contribution in [-0.2, 0) is 11.3 Å². The average Bonchev–Trinajstić information content (AvgIpc) is 2.96. The van der Waals surface area contributed by atoms with E-state index < -0.39 is 5.97 Å². The van der Waals surface area contributed by atoms with Gasteiger partial charge in [-0.3, -0.25) is 10.1 Å². The van der Waals surface area contributed by atoms with Crippen LogP contribution < -0.4 is 5.32 Å². The molecule has 2 N–H and O–H groups in total. The van der Waals surface area contributed by atoms with Gasteiger partial charge in [0.25, 0.3) is 0 Å². The summed E-state index contributed by atoms with van der Waals surface area (Å²) in [5.74, 6) is 0.155. The second kappa shape index (κ2) is 4.93. The van der Waals surface area contributed by atoms with E-state index in [4.69, 9.17) is 5.11 Å². The summed E-state index contributed by atoms with van der Waals surface area (Å²) in [6.45, 7) is 0.770. The molecular formula is C11H15N5O2S. The molecule has 0 radical (unpaired) electrons. The standard InChI is InChI=1S/C11H15N5O2S/c1-19-11-14-10-13-9-6(5-16(10)15-11)2-3-7(9)12-4-8(17)18/h6-7,12H,2-5H2,1H3,(H,17,18). The van der Waals surface area contributed by atoms with Crippen molar-refractivity contribution in [3.63, 3.8) is 0 Å². The van der Waals surface area contributed by atoms with Crippen molar-refractivity contribution < 1.29 is 9.90 Å². The first kappa shape index (κ1) is 12.6. The number of aromatic nitrogens is 3. The summed E-state index contributed by atoms with van der Waals surface area (Å²) < 4.78 is 1.85. The lowest BCUT2D eigenvalue weighted by molar-refractivity contribution is -0.136. The molecule has 1 fully saturated rings. The monoisotopic (exact) mass is 281 g/mol. The molecule has 7 nitrogen and oxygen atoms in total. The maximum atomic E-state index is 10.6. The summed E-state index contributed by atoms with van der Waals surface area (Å²) in [4.78, 5) is 19.5. The minimum absolute atomic E-state index is 0.0286. The number of rotatable bonds is 4. The molecule has 1 aliphatic carbocycles. The van der Waals surface area contributed by atoms with E-state index in [-0.39, 0.29) is 12.6 Å². The molecule has 0 spiro atoms. The number of hydrogen-bond donors (Lipinski definition) is 2. The van der Waals surface area contributed by atoms with E-state index in [1.807, 2.05) is 10.9 Å². The van der Waals surface area contributed by atoms with Gasteiger partial charge in [0.2, 0.25) is 11.1 Å². The lowest BCUT2D eigenvalue weighted by Gasteiger charge is -2.20. The number of aliphatic imine (C=N–C) groups is 1. The molecule has 2 heterocycles. The number of fused-ring (bicyclic) bond motifs is 2. The van der Waals surface area contributed by atoms with Gasteiger partial charge in [-0.15, -0.1) is 5.10 Å². The molecular weight excluding hydrogens is 266 g/mol. The van der Waals surface area contributed by atoms with E-state index in [0.29, 0.717) is 11.9 Å². The Balaban J connectivity index is 1.81. The number of hydrogen-bond acceptors (Lipinski definition) is 6. The van der Waals surface area contributed by atoms with E-state index in [2.05, 4.69) is 20.4 Å². The SMILES string of the molecule is CSc1nc2n(n1)CC1CCC(NCC(=O)O)C1=N2. The number of carboxylic acids is 1. The number of aliphatic carboxylic acids is 1. The molecule has 2 atom stereocenters. The quantitative estimate of drug-likeness (QED) is 0.783. The van der Waals surface area contributed by atoms with Crippen LogP contribution in [0.1, 0.15) is 12.8 Å². The van der Waals surface area contributed by atoms with E-state index in [9.17, 15) is 4.79 Å². The van der Waals surface area contributed by atoms with Crippen molar-refractivity contribution in [1.29, 1.82) is 0 Å². The molecule has 0 bridgehead atoms. The summed E-state index contributed by atoms with van der Waals surface area (Å²) >= 11 is 1.50. The van der Waals surface area contributed by atoms with Crippen LogP contribution in [0.4, 0.5) is 5.95 Å². The van der Waals surface area contributed by atoms with E-state index in [1.165, 1.54) is 11.8 Å².